The highest BCUT2D eigenvalue weighted by atomic mass is 16.5. The fourth-order valence-electron chi connectivity index (χ4n) is 3.26. The minimum Gasteiger partial charge on any atom is -0.496 e. The molecule has 0 spiro atoms. The van der Waals surface area contributed by atoms with Gasteiger partial charge in [-0.25, -0.2) is 4.79 Å². The van der Waals surface area contributed by atoms with Crippen molar-refractivity contribution in [1.29, 1.82) is 0 Å². The summed E-state index contributed by atoms with van der Waals surface area (Å²) >= 11 is 0. The van der Waals surface area contributed by atoms with E-state index in [9.17, 15) is 4.79 Å². The summed E-state index contributed by atoms with van der Waals surface area (Å²) in [6, 6.07) is 15.0. The Labute approximate surface area is 149 Å². The fourth-order valence-corrected chi connectivity index (χ4v) is 3.26. The van der Waals surface area contributed by atoms with Crippen molar-refractivity contribution in [3.8, 4) is 28.2 Å². The molecule has 0 fully saturated rings. The number of benzene rings is 2. The van der Waals surface area contributed by atoms with Crippen LogP contribution in [0.4, 0.5) is 0 Å². The Morgan fingerprint density at radius 2 is 1.92 bits per heavy atom. The van der Waals surface area contributed by atoms with Gasteiger partial charge < -0.3 is 13.7 Å². The maximum absolute atomic E-state index is 12.3. The van der Waals surface area contributed by atoms with Crippen molar-refractivity contribution >= 4 is 11.0 Å². The van der Waals surface area contributed by atoms with Gasteiger partial charge in [-0.05, 0) is 29.2 Å². The van der Waals surface area contributed by atoms with E-state index < -0.39 is 5.63 Å². The summed E-state index contributed by atoms with van der Waals surface area (Å²) in [5.74, 6) is 1.13. The van der Waals surface area contributed by atoms with Gasteiger partial charge in [-0.3, -0.25) is 0 Å². The number of rotatable bonds is 4. The van der Waals surface area contributed by atoms with Gasteiger partial charge in [0.2, 0.25) is 0 Å². The lowest BCUT2D eigenvalue weighted by molar-refractivity contribution is 0.401. The molecule has 0 saturated heterocycles. The van der Waals surface area contributed by atoms with Crippen molar-refractivity contribution in [2.45, 2.75) is 13.3 Å². The maximum atomic E-state index is 12.3. The third-order valence-electron chi connectivity index (χ3n) is 4.42. The van der Waals surface area contributed by atoms with Crippen molar-refractivity contribution in [1.82, 2.24) is 5.16 Å². The molecule has 0 bridgehead atoms. The van der Waals surface area contributed by atoms with Gasteiger partial charge in [0.1, 0.15) is 11.3 Å². The van der Waals surface area contributed by atoms with Gasteiger partial charge in [0.05, 0.1) is 13.3 Å². The van der Waals surface area contributed by atoms with E-state index in [0.29, 0.717) is 22.7 Å². The van der Waals surface area contributed by atoms with Gasteiger partial charge in [0.25, 0.3) is 0 Å². The Morgan fingerprint density at radius 1 is 1.12 bits per heavy atom. The highest BCUT2D eigenvalue weighted by molar-refractivity contribution is 6.02. The molecule has 0 N–H and O–H groups in total. The van der Waals surface area contributed by atoms with E-state index >= 15 is 0 Å². The molecule has 0 saturated carbocycles. The Morgan fingerprint density at radius 3 is 2.58 bits per heavy atom. The molecule has 5 nitrogen and oxygen atoms in total. The Hall–Kier alpha value is -3.34. The number of hydrogen-bond donors (Lipinski definition) is 0. The molecule has 0 aliphatic heterocycles. The van der Waals surface area contributed by atoms with E-state index in [1.54, 1.807) is 19.4 Å². The van der Waals surface area contributed by atoms with Crippen molar-refractivity contribution in [2.24, 2.45) is 0 Å². The average molecular weight is 347 g/mol. The summed E-state index contributed by atoms with van der Waals surface area (Å²) in [4.78, 5) is 12.3. The van der Waals surface area contributed by atoms with Crippen molar-refractivity contribution < 1.29 is 13.7 Å². The summed E-state index contributed by atoms with van der Waals surface area (Å²) in [5, 5.41) is 4.62. The Balaban J connectivity index is 2.18. The number of aromatic nitrogens is 1. The van der Waals surface area contributed by atoms with Crippen LogP contribution in [0.25, 0.3) is 33.4 Å². The van der Waals surface area contributed by atoms with E-state index in [4.69, 9.17) is 13.7 Å². The molecule has 0 unspecified atom stereocenters. The number of methoxy groups -OCH3 is 1. The van der Waals surface area contributed by atoms with Crippen LogP contribution in [0, 0.1) is 0 Å². The molecule has 0 radical (unpaired) electrons. The summed E-state index contributed by atoms with van der Waals surface area (Å²) in [5.41, 5.74) is 3.37. The molecule has 0 amide bonds. The Bertz CT molecular complexity index is 1110. The molecule has 26 heavy (non-hydrogen) atoms. The first kappa shape index (κ1) is 16.1. The SMILES string of the molecule is CCc1cc2c(-c3ccccc3)cc(=O)oc2c(-c2ccno2)c1OC. The quantitative estimate of drug-likeness (QED) is 0.501. The Kier molecular flexibility index (Phi) is 4.05. The van der Waals surface area contributed by atoms with Crippen LogP contribution in [0.1, 0.15) is 12.5 Å². The number of aryl methyl sites for hydroxylation is 1. The molecular formula is C21H17NO4. The summed E-state index contributed by atoms with van der Waals surface area (Å²) < 4.78 is 16.6. The van der Waals surface area contributed by atoms with Gasteiger partial charge in [-0.2, -0.15) is 0 Å². The van der Waals surface area contributed by atoms with E-state index in [1.807, 2.05) is 36.4 Å². The van der Waals surface area contributed by atoms with Crippen LogP contribution in [0.5, 0.6) is 5.75 Å². The molecule has 2 aromatic carbocycles. The summed E-state index contributed by atoms with van der Waals surface area (Å²) in [6.07, 6.45) is 2.31. The first-order valence-corrected chi connectivity index (χ1v) is 8.37. The normalized spacial score (nSPS) is 11.0. The smallest absolute Gasteiger partial charge is 0.336 e. The summed E-state index contributed by atoms with van der Waals surface area (Å²) in [6.45, 7) is 2.05. The largest absolute Gasteiger partial charge is 0.496 e. The third-order valence-corrected chi connectivity index (χ3v) is 4.42. The molecule has 2 aromatic heterocycles. The zero-order chi connectivity index (χ0) is 18.1. The van der Waals surface area contributed by atoms with Crippen molar-refractivity contribution in [2.75, 3.05) is 7.11 Å². The lowest BCUT2D eigenvalue weighted by Gasteiger charge is -2.15. The number of nitrogens with zero attached hydrogens (tertiary/aromatic N) is 1. The van der Waals surface area contributed by atoms with Gasteiger partial charge in [0.15, 0.2) is 11.3 Å². The number of hydrogen-bond acceptors (Lipinski definition) is 5. The molecule has 130 valence electrons. The minimum atomic E-state index is -0.427. The molecule has 4 rings (SSSR count). The molecule has 4 aromatic rings. The standard InChI is InChI=1S/C21H17NO4/c1-3-13-11-16-15(14-7-5-4-6-8-14)12-18(23)25-21(16)19(20(13)24-2)17-9-10-22-26-17/h4-12H,3H2,1-2H3. The molecular weight excluding hydrogens is 330 g/mol. The fraction of sp³-hybridized carbons (Fsp3) is 0.143. The monoisotopic (exact) mass is 347 g/mol. The second kappa shape index (κ2) is 6.52. The van der Waals surface area contributed by atoms with Crippen LogP contribution in [0.2, 0.25) is 0 Å². The zero-order valence-corrected chi connectivity index (χ0v) is 14.5. The summed E-state index contributed by atoms with van der Waals surface area (Å²) in [7, 11) is 1.60. The average Bonchev–Trinajstić information content (AvgIpc) is 3.20. The van der Waals surface area contributed by atoms with E-state index in [1.165, 1.54) is 6.07 Å². The van der Waals surface area contributed by atoms with E-state index in [-0.39, 0.29) is 0 Å². The molecule has 0 aliphatic rings. The number of fused-ring (bicyclic) bond motifs is 1. The first-order valence-electron chi connectivity index (χ1n) is 8.37. The second-order valence-corrected chi connectivity index (χ2v) is 5.90. The van der Waals surface area contributed by atoms with Gasteiger partial charge in [-0.1, -0.05) is 42.4 Å². The lowest BCUT2D eigenvalue weighted by atomic mass is 9.95. The van der Waals surface area contributed by atoms with Gasteiger partial charge >= 0.3 is 5.63 Å². The van der Waals surface area contributed by atoms with Gasteiger partial charge in [0, 0.05) is 17.5 Å². The lowest BCUT2D eigenvalue weighted by Crippen LogP contribution is -2.02. The van der Waals surface area contributed by atoms with Crippen LogP contribution < -0.4 is 10.4 Å². The first-order chi connectivity index (χ1) is 12.7. The molecule has 0 aliphatic carbocycles. The number of ether oxygens (including phenoxy) is 1. The zero-order valence-electron chi connectivity index (χ0n) is 14.5. The van der Waals surface area contributed by atoms with Crippen molar-refractivity contribution in [3.05, 3.63) is 70.7 Å². The predicted molar refractivity (Wildman–Crippen MR) is 99.3 cm³/mol. The van der Waals surface area contributed by atoms with Gasteiger partial charge in [-0.15, -0.1) is 0 Å². The second-order valence-electron chi connectivity index (χ2n) is 5.90. The highest BCUT2D eigenvalue weighted by Crippen LogP contribution is 2.42. The van der Waals surface area contributed by atoms with E-state index in [2.05, 4.69) is 12.1 Å². The van der Waals surface area contributed by atoms with Crippen LogP contribution in [0.15, 0.2) is 68.5 Å². The molecule has 5 heteroatoms. The van der Waals surface area contributed by atoms with Crippen LogP contribution in [-0.4, -0.2) is 12.3 Å². The van der Waals surface area contributed by atoms with Crippen molar-refractivity contribution in [3.63, 3.8) is 0 Å². The maximum Gasteiger partial charge on any atom is 0.336 e. The predicted octanol–water partition coefficient (Wildman–Crippen LogP) is 4.69. The van der Waals surface area contributed by atoms with E-state index in [0.717, 1.165) is 28.5 Å². The highest BCUT2D eigenvalue weighted by Gasteiger charge is 2.22. The third kappa shape index (κ3) is 2.58. The van der Waals surface area contributed by atoms with Crippen LogP contribution in [-0.2, 0) is 6.42 Å². The minimum absolute atomic E-state index is 0.427. The molecule has 2 heterocycles. The molecule has 0 atom stereocenters. The topological polar surface area (TPSA) is 65.5 Å². The van der Waals surface area contributed by atoms with Crippen LogP contribution >= 0.6 is 0 Å². The van der Waals surface area contributed by atoms with Crippen LogP contribution in [0.3, 0.4) is 0 Å².